The first-order chi connectivity index (χ1) is 10.6. The highest BCUT2D eigenvalue weighted by Gasteiger charge is 2.22. The number of hydrogen-bond donors (Lipinski definition) is 2. The first-order valence-corrected chi connectivity index (χ1v) is 6.87. The summed E-state index contributed by atoms with van der Waals surface area (Å²) in [7, 11) is 0. The molecule has 2 rings (SSSR count). The molecule has 8 heteroatoms. The van der Waals surface area contributed by atoms with Gasteiger partial charge in [-0.3, -0.25) is 10.1 Å². The molecule has 0 saturated heterocycles. The van der Waals surface area contributed by atoms with Crippen LogP contribution < -0.4 is 10.6 Å². The van der Waals surface area contributed by atoms with Crippen LogP contribution in [0.5, 0.6) is 0 Å². The molecule has 0 atom stereocenters. The van der Waals surface area contributed by atoms with Crippen molar-refractivity contribution in [2.45, 2.75) is 19.8 Å². The van der Waals surface area contributed by atoms with Gasteiger partial charge in [0.15, 0.2) is 0 Å². The fourth-order valence-electron chi connectivity index (χ4n) is 1.83. The van der Waals surface area contributed by atoms with Gasteiger partial charge in [-0.2, -0.15) is 0 Å². The Balaban J connectivity index is 2.27. The summed E-state index contributed by atoms with van der Waals surface area (Å²) < 4.78 is 12.9. The number of rotatable bonds is 7. The number of nitro groups is 1. The highest BCUT2D eigenvalue weighted by atomic mass is 19.1. The molecule has 2 aromatic rings. The van der Waals surface area contributed by atoms with E-state index in [1.807, 2.05) is 6.92 Å². The van der Waals surface area contributed by atoms with Gasteiger partial charge in [-0.1, -0.05) is 13.3 Å². The molecule has 0 aliphatic heterocycles. The van der Waals surface area contributed by atoms with Gasteiger partial charge in [0.25, 0.3) is 0 Å². The normalized spacial score (nSPS) is 10.3. The van der Waals surface area contributed by atoms with E-state index in [0.717, 1.165) is 12.8 Å². The number of aromatic nitrogens is 2. The second kappa shape index (κ2) is 7.30. The molecule has 0 radical (unpaired) electrons. The van der Waals surface area contributed by atoms with E-state index in [4.69, 9.17) is 0 Å². The van der Waals surface area contributed by atoms with E-state index in [1.165, 1.54) is 30.6 Å². The molecule has 1 aromatic heterocycles. The van der Waals surface area contributed by atoms with E-state index in [-0.39, 0.29) is 23.1 Å². The van der Waals surface area contributed by atoms with Crippen molar-refractivity contribution >= 4 is 23.0 Å². The van der Waals surface area contributed by atoms with Gasteiger partial charge in [-0.05, 0) is 30.7 Å². The third-order valence-electron chi connectivity index (χ3n) is 2.93. The maximum absolute atomic E-state index is 12.9. The van der Waals surface area contributed by atoms with Crippen LogP contribution in [0.15, 0.2) is 30.6 Å². The largest absolute Gasteiger partial charge is 0.364 e. The van der Waals surface area contributed by atoms with E-state index in [2.05, 4.69) is 20.6 Å². The Labute approximate surface area is 126 Å². The molecule has 0 amide bonds. The minimum absolute atomic E-state index is 0.0607. The second-order valence-corrected chi connectivity index (χ2v) is 4.59. The zero-order valence-electron chi connectivity index (χ0n) is 12.0. The fraction of sp³-hybridized carbons (Fsp3) is 0.286. The standard InChI is InChI=1S/C14H16FN5O2/c1-2-3-8-16-13-12(20(21)22)14(18-9-17-13)19-11-6-4-10(15)5-7-11/h4-7,9H,2-3,8H2,1H3,(H2,16,17,18,19). The molecule has 0 saturated carbocycles. The van der Waals surface area contributed by atoms with Crippen LogP contribution in [0.4, 0.5) is 27.4 Å². The third-order valence-corrected chi connectivity index (χ3v) is 2.93. The Morgan fingerprint density at radius 1 is 1.23 bits per heavy atom. The highest BCUT2D eigenvalue weighted by molar-refractivity contribution is 5.73. The molecule has 0 aliphatic carbocycles. The van der Waals surface area contributed by atoms with Crippen LogP contribution in [-0.4, -0.2) is 21.4 Å². The van der Waals surface area contributed by atoms with E-state index in [9.17, 15) is 14.5 Å². The summed E-state index contributed by atoms with van der Waals surface area (Å²) in [6.07, 6.45) is 3.08. The molecule has 7 nitrogen and oxygen atoms in total. The molecule has 1 heterocycles. The summed E-state index contributed by atoms with van der Waals surface area (Å²) in [5.74, 6) is -0.159. The van der Waals surface area contributed by atoms with Crippen molar-refractivity contribution in [2.24, 2.45) is 0 Å². The van der Waals surface area contributed by atoms with Gasteiger partial charge in [0.1, 0.15) is 12.1 Å². The summed E-state index contributed by atoms with van der Waals surface area (Å²) in [4.78, 5) is 18.6. The highest BCUT2D eigenvalue weighted by Crippen LogP contribution is 2.31. The van der Waals surface area contributed by atoms with Crippen LogP contribution >= 0.6 is 0 Å². The Hall–Kier alpha value is -2.77. The lowest BCUT2D eigenvalue weighted by atomic mass is 10.3. The van der Waals surface area contributed by atoms with Gasteiger partial charge in [0, 0.05) is 12.2 Å². The van der Waals surface area contributed by atoms with Crippen molar-refractivity contribution in [2.75, 3.05) is 17.2 Å². The summed E-state index contributed by atoms with van der Waals surface area (Å²) in [6, 6.07) is 5.47. The fourth-order valence-corrected chi connectivity index (χ4v) is 1.83. The van der Waals surface area contributed by atoms with Gasteiger partial charge in [0.05, 0.1) is 4.92 Å². The molecule has 0 fully saturated rings. The number of nitrogens with one attached hydrogen (secondary N) is 2. The lowest BCUT2D eigenvalue weighted by Crippen LogP contribution is -2.09. The summed E-state index contributed by atoms with van der Waals surface area (Å²) in [5.41, 5.74) is 0.269. The number of halogens is 1. The van der Waals surface area contributed by atoms with Gasteiger partial charge in [-0.25, -0.2) is 14.4 Å². The Morgan fingerprint density at radius 2 is 1.91 bits per heavy atom. The molecular weight excluding hydrogens is 289 g/mol. The average molecular weight is 305 g/mol. The Bertz CT molecular complexity index is 648. The van der Waals surface area contributed by atoms with Crippen LogP contribution in [0.1, 0.15) is 19.8 Å². The van der Waals surface area contributed by atoms with E-state index < -0.39 is 4.92 Å². The minimum atomic E-state index is -0.542. The molecule has 0 aliphatic rings. The maximum Gasteiger partial charge on any atom is 0.353 e. The van der Waals surface area contributed by atoms with Crippen molar-refractivity contribution in [3.05, 3.63) is 46.5 Å². The van der Waals surface area contributed by atoms with Crippen molar-refractivity contribution in [3.8, 4) is 0 Å². The summed E-state index contributed by atoms with van der Waals surface area (Å²) in [5, 5.41) is 17.1. The van der Waals surface area contributed by atoms with Crippen LogP contribution in [-0.2, 0) is 0 Å². The number of anilines is 3. The van der Waals surface area contributed by atoms with E-state index in [1.54, 1.807) is 0 Å². The van der Waals surface area contributed by atoms with Crippen molar-refractivity contribution in [3.63, 3.8) is 0 Å². The molecule has 0 unspecified atom stereocenters. The lowest BCUT2D eigenvalue weighted by molar-refractivity contribution is -0.383. The molecule has 116 valence electrons. The first kappa shape index (κ1) is 15.6. The summed E-state index contributed by atoms with van der Waals surface area (Å²) >= 11 is 0. The molecular formula is C14H16FN5O2. The maximum atomic E-state index is 12.9. The van der Waals surface area contributed by atoms with Crippen molar-refractivity contribution < 1.29 is 9.31 Å². The smallest absolute Gasteiger partial charge is 0.353 e. The number of unbranched alkanes of at least 4 members (excludes halogenated alkanes) is 1. The lowest BCUT2D eigenvalue weighted by Gasteiger charge is -2.09. The molecule has 0 bridgehead atoms. The van der Waals surface area contributed by atoms with Gasteiger partial charge < -0.3 is 10.6 Å². The van der Waals surface area contributed by atoms with Crippen LogP contribution in [0, 0.1) is 15.9 Å². The predicted octanol–water partition coefficient (Wildman–Crippen LogP) is 3.48. The topological polar surface area (TPSA) is 93.0 Å². The monoisotopic (exact) mass is 305 g/mol. The third kappa shape index (κ3) is 3.87. The van der Waals surface area contributed by atoms with E-state index in [0.29, 0.717) is 12.2 Å². The SMILES string of the molecule is CCCCNc1ncnc(Nc2ccc(F)cc2)c1[N+](=O)[O-]. The number of benzene rings is 1. The number of hydrogen-bond acceptors (Lipinski definition) is 6. The average Bonchev–Trinajstić information content (AvgIpc) is 2.50. The van der Waals surface area contributed by atoms with Crippen LogP contribution in [0.2, 0.25) is 0 Å². The number of nitrogens with zero attached hydrogens (tertiary/aromatic N) is 3. The van der Waals surface area contributed by atoms with Crippen molar-refractivity contribution in [1.82, 2.24) is 9.97 Å². The Kier molecular flexibility index (Phi) is 5.18. The van der Waals surface area contributed by atoms with Crippen LogP contribution in [0.25, 0.3) is 0 Å². The molecule has 0 spiro atoms. The first-order valence-electron chi connectivity index (χ1n) is 6.87. The second-order valence-electron chi connectivity index (χ2n) is 4.59. The predicted molar refractivity (Wildman–Crippen MR) is 81.8 cm³/mol. The quantitative estimate of drug-likeness (QED) is 0.462. The minimum Gasteiger partial charge on any atom is -0.364 e. The van der Waals surface area contributed by atoms with Crippen molar-refractivity contribution in [1.29, 1.82) is 0 Å². The summed E-state index contributed by atoms with van der Waals surface area (Å²) in [6.45, 7) is 2.61. The Morgan fingerprint density at radius 3 is 2.55 bits per heavy atom. The molecule has 22 heavy (non-hydrogen) atoms. The molecule has 1 aromatic carbocycles. The zero-order chi connectivity index (χ0) is 15.9. The molecule has 2 N–H and O–H groups in total. The van der Waals surface area contributed by atoms with Crippen LogP contribution in [0.3, 0.4) is 0 Å². The van der Waals surface area contributed by atoms with E-state index >= 15 is 0 Å². The van der Waals surface area contributed by atoms with Gasteiger partial charge in [-0.15, -0.1) is 0 Å². The zero-order valence-corrected chi connectivity index (χ0v) is 12.0. The van der Waals surface area contributed by atoms with Gasteiger partial charge in [0.2, 0.25) is 11.6 Å². The van der Waals surface area contributed by atoms with Gasteiger partial charge >= 0.3 is 5.69 Å².